The Kier molecular flexibility index (Phi) is 5.94. The van der Waals surface area contributed by atoms with Crippen molar-refractivity contribution in [2.24, 2.45) is 0 Å². The summed E-state index contributed by atoms with van der Waals surface area (Å²) in [5.41, 5.74) is 8.21. The molecular formula is C38H21N3S2. The van der Waals surface area contributed by atoms with Gasteiger partial charge in [0.15, 0.2) is 0 Å². The first kappa shape index (κ1) is 25.3. The van der Waals surface area contributed by atoms with Crippen LogP contribution in [0.25, 0.3) is 52.2 Å². The van der Waals surface area contributed by atoms with E-state index in [4.69, 9.17) is 6.57 Å². The van der Waals surface area contributed by atoms with E-state index in [1.807, 2.05) is 35.6 Å². The third-order valence-electron chi connectivity index (χ3n) is 7.96. The predicted octanol–water partition coefficient (Wildman–Crippen LogP) is 11.4. The number of allylic oxidation sites excluding steroid dienone is 1. The molecule has 0 amide bonds. The summed E-state index contributed by atoms with van der Waals surface area (Å²) in [6, 6.07) is 46.8. The lowest BCUT2D eigenvalue weighted by Crippen LogP contribution is -2.07. The fourth-order valence-corrected chi connectivity index (χ4v) is 8.23. The second-order valence-electron chi connectivity index (χ2n) is 10.3. The number of thiophene rings is 2. The van der Waals surface area contributed by atoms with Crippen LogP contribution in [0.5, 0.6) is 0 Å². The fraction of sp³-hybridized carbons (Fsp3) is 0. The van der Waals surface area contributed by atoms with Crippen molar-refractivity contribution in [1.82, 2.24) is 0 Å². The first-order valence-electron chi connectivity index (χ1n) is 13.9. The van der Waals surface area contributed by atoms with Crippen molar-refractivity contribution in [1.29, 1.82) is 5.26 Å². The molecule has 2 aromatic heterocycles. The minimum atomic E-state index is 0.131. The van der Waals surface area contributed by atoms with E-state index in [1.165, 1.54) is 20.2 Å². The summed E-state index contributed by atoms with van der Waals surface area (Å²) in [7, 11) is 0. The third-order valence-corrected chi connectivity index (χ3v) is 10.2. The van der Waals surface area contributed by atoms with Gasteiger partial charge in [-0.05, 0) is 76.3 Å². The number of benzene rings is 5. The van der Waals surface area contributed by atoms with Gasteiger partial charge in [0.1, 0.15) is 5.00 Å². The van der Waals surface area contributed by atoms with Crippen LogP contribution >= 0.6 is 22.7 Å². The number of hydrogen-bond donors (Lipinski definition) is 0. The molecule has 2 heterocycles. The van der Waals surface area contributed by atoms with Crippen molar-refractivity contribution in [2.45, 2.75) is 0 Å². The van der Waals surface area contributed by atoms with Crippen LogP contribution in [0.2, 0.25) is 0 Å². The van der Waals surface area contributed by atoms with Gasteiger partial charge in [0, 0.05) is 42.0 Å². The summed E-state index contributed by atoms with van der Waals surface area (Å²) >= 11 is 3.58. The Bertz CT molecular complexity index is 2310. The second-order valence-corrected chi connectivity index (χ2v) is 12.5. The Balaban J connectivity index is 1.24. The van der Waals surface area contributed by atoms with E-state index in [1.54, 1.807) is 11.3 Å². The van der Waals surface area contributed by atoms with Crippen LogP contribution in [0.15, 0.2) is 133 Å². The van der Waals surface area contributed by atoms with Gasteiger partial charge in [-0.25, -0.2) is 10.1 Å². The van der Waals surface area contributed by atoms with Gasteiger partial charge in [-0.2, -0.15) is 0 Å². The van der Waals surface area contributed by atoms with Gasteiger partial charge >= 0.3 is 0 Å². The maximum Gasteiger partial charge on any atom is 0.270 e. The summed E-state index contributed by atoms with van der Waals surface area (Å²) in [5.74, 6) is 0. The lowest BCUT2D eigenvalue weighted by atomic mass is 10.0. The molecule has 0 atom stereocenters. The highest BCUT2D eigenvalue weighted by molar-refractivity contribution is 7.25. The van der Waals surface area contributed by atoms with Crippen LogP contribution < -0.4 is 4.90 Å². The van der Waals surface area contributed by atoms with Crippen molar-refractivity contribution >= 4 is 64.8 Å². The first-order valence-corrected chi connectivity index (χ1v) is 15.5. The Morgan fingerprint density at radius 1 is 0.628 bits per heavy atom. The summed E-state index contributed by atoms with van der Waals surface area (Å²) in [4.78, 5) is 7.03. The van der Waals surface area contributed by atoms with Crippen molar-refractivity contribution in [3.63, 3.8) is 0 Å². The number of rotatable bonds is 4. The molecule has 0 radical (unpaired) electrons. The molecule has 5 heteroatoms. The van der Waals surface area contributed by atoms with Crippen molar-refractivity contribution in [2.75, 3.05) is 4.90 Å². The minimum absolute atomic E-state index is 0.131. The lowest BCUT2D eigenvalue weighted by molar-refractivity contribution is 1.32. The molecule has 7 aromatic rings. The third kappa shape index (κ3) is 4.07. The summed E-state index contributed by atoms with van der Waals surface area (Å²) in [6.45, 7) is 7.58. The quantitative estimate of drug-likeness (QED) is 0.152. The van der Waals surface area contributed by atoms with Crippen LogP contribution in [0, 0.1) is 17.9 Å². The highest BCUT2D eigenvalue weighted by Crippen LogP contribution is 2.49. The Morgan fingerprint density at radius 3 is 2.21 bits per heavy atom. The number of hydrogen-bond acceptors (Lipinski definition) is 4. The van der Waals surface area contributed by atoms with Crippen LogP contribution in [0.1, 0.15) is 11.1 Å². The zero-order valence-electron chi connectivity index (χ0n) is 22.8. The van der Waals surface area contributed by atoms with E-state index >= 15 is 0 Å². The molecule has 200 valence electrons. The maximum absolute atomic E-state index is 9.68. The molecule has 0 saturated heterocycles. The zero-order chi connectivity index (χ0) is 28.9. The molecule has 0 spiro atoms. The fourth-order valence-electron chi connectivity index (χ4n) is 6.05. The van der Waals surface area contributed by atoms with Crippen molar-refractivity contribution in [3.8, 4) is 27.6 Å². The van der Waals surface area contributed by atoms with Crippen LogP contribution in [0.4, 0.5) is 16.4 Å². The maximum atomic E-state index is 9.68. The number of anilines is 3. The van der Waals surface area contributed by atoms with E-state index in [-0.39, 0.29) is 5.70 Å². The Hall–Kier alpha value is -5.46. The first-order chi connectivity index (χ1) is 21.2. The summed E-state index contributed by atoms with van der Waals surface area (Å²) in [5, 5.41) is 13.4. The highest BCUT2D eigenvalue weighted by Gasteiger charge is 2.27. The minimum Gasteiger partial charge on any atom is -0.302 e. The molecular weight excluding hydrogens is 563 g/mol. The molecule has 1 aliphatic carbocycles. The van der Waals surface area contributed by atoms with Crippen molar-refractivity contribution in [3.05, 3.63) is 156 Å². The smallest absolute Gasteiger partial charge is 0.270 e. The Labute approximate surface area is 257 Å². The number of nitriles is 1. The van der Waals surface area contributed by atoms with Gasteiger partial charge in [0.25, 0.3) is 5.70 Å². The standard InChI is InChI=1S/C38H21N3S2/c1-40-33(23-39)38-30-13-6-5-11-27(30)32-21-24(15-17-31(32)38)34-19-20-37(43-34)41(25-9-3-2-4-10-25)26-16-18-29-28-12-7-8-14-35(28)42-36(29)22-26/h2-22H/b38-33-. The number of para-hydroxylation sites is 1. The molecule has 43 heavy (non-hydrogen) atoms. The monoisotopic (exact) mass is 583 g/mol. The number of nitrogens with zero attached hydrogens (tertiary/aromatic N) is 3. The molecule has 0 fully saturated rings. The topological polar surface area (TPSA) is 31.4 Å². The van der Waals surface area contributed by atoms with Gasteiger partial charge in [-0.3, -0.25) is 0 Å². The number of fused-ring (bicyclic) bond motifs is 6. The van der Waals surface area contributed by atoms with E-state index in [0.29, 0.717) is 0 Å². The molecule has 0 aliphatic heterocycles. The van der Waals surface area contributed by atoms with Gasteiger partial charge in [-0.15, -0.1) is 22.7 Å². The lowest BCUT2D eigenvalue weighted by Gasteiger charge is -2.23. The molecule has 0 N–H and O–H groups in total. The van der Waals surface area contributed by atoms with E-state index < -0.39 is 0 Å². The summed E-state index contributed by atoms with van der Waals surface area (Å²) in [6.07, 6.45) is 0. The zero-order valence-corrected chi connectivity index (χ0v) is 24.4. The Morgan fingerprint density at radius 2 is 1.37 bits per heavy atom. The molecule has 3 nitrogen and oxygen atoms in total. The average Bonchev–Trinajstić information content (AvgIpc) is 3.77. The van der Waals surface area contributed by atoms with E-state index in [0.717, 1.165) is 54.6 Å². The van der Waals surface area contributed by atoms with Crippen LogP contribution in [-0.4, -0.2) is 0 Å². The van der Waals surface area contributed by atoms with Crippen LogP contribution in [0.3, 0.4) is 0 Å². The largest absolute Gasteiger partial charge is 0.302 e. The van der Waals surface area contributed by atoms with Gasteiger partial charge in [0.2, 0.25) is 0 Å². The molecule has 0 bridgehead atoms. The van der Waals surface area contributed by atoms with Crippen LogP contribution in [-0.2, 0) is 0 Å². The van der Waals surface area contributed by atoms with Gasteiger partial charge in [0.05, 0.1) is 12.6 Å². The summed E-state index contributed by atoms with van der Waals surface area (Å²) < 4.78 is 2.57. The van der Waals surface area contributed by atoms with E-state index in [9.17, 15) is 5.26 Å². The SMILES string of the molecule is [C-]#[N+]/C(C#N)=C1/c2ccccc2-c2cc(-c3ccc(N(c4ccccc4)c4ccc5c(c4)sc4ccccc45)s3)ccc21. The highest BCUT2D eigenvalue weighted by atomic mass is 32.1. The normalized spacial score (nSPS) is 12.9. The second kappa shape index (κ2) is 10.1. The van der Waals surface area contributed by atoms with Crippen molar-refractivity contribution < 1.29 is 0 Å². The molecule has 5 aromatic carbocycles. The average molecular weight is 584 g/mol. The molecule has 8 rings (SSSR count). The van der Waals surface area contributed by atoms with Gasteiger partial charge < -0.3 is 4.90 Å². The molecule has 0 unspecified atom stereocenters. The van der Waals surface area contributed by atoms with E-state index in [2.05, 4.69) is 119 Å². The molecule has 0 saturated carbocycles. The predicted molar refractivity (Wildman–Crippen MR) is 181 cm³/mol. The molecule has 1 aliphatic rings. The van der Waals surface area contributed by atoms with Gasteiger partial charge in [-0.1, -0.05) is 78.9 Å².